The summed E-state index contributed by atoms with van der Waals surface area (Å²) in [5.41, 5.74) is 1.79. The van der Waals surface area contributed by atoms with Crippen molar-refractivity contribution in [2.24, 2.45) is 0 Å². The van der Waals surface area contributed by atoms with Crippen LogP contribution in [0, 0.1) is 5.82 Å². The number of nitrogens with zero attached hydrogens (tertiary/aromatic N) is 5. The molecule has 6 rings (SSSR count). The van der Waals surface area contributed by atoms with Crippen molar-refractivity contribution >= 4 is 28.4 Å². The summed E-state index contributed by atoms with van der Waals surface area (Å²) in [4.78, 5) is 41.8. The van der Waals surface area contributed by atoms with E-state index in [9.17, 15) is 18.8 Å². The fourth-order valence-electron chi connectivity index (χ4n) is 5.48. The van der Waals surface area contributed by atoms with E-state index in [0.29, 0.717) is 35.9 Å². The van der Waals surface area contributed by atoms with Crippen LogP contribution in [0.2, 0.25) is 0 Å². The Hall–Kier alpha value is -3.74. The molecule has 204 valence electrons. The molecule has 2 aromatic carbocycles. The van der Waals surface area contributed by atoms with Crippen LogP contribution in [0.15, 0.2) is 41.2 Å². The van der Waals surface area contributed by atoms with Crippen molar-refractivity contribution in [3.8, 4) is 0 Å². The Morgan fingerprint density at radius 1 is 1.10 bits per heavy atom. The lowest BCUT2D eigenvalue weighted by Gasteiger charge is -2.46. The molecule has 2 N–H and O–H groups in total. The zero-order valence-electron chi connectivity index (χ0n) is 21.4. The third-order valence-corrected chi connectivity index (χ3v) is 7.71. The number of hydrogen-bond acceptors (Lipinski definition) is 9. The summed E-state index contributed by atoms with van der Waals surface area (Å²) < 4.78 is 21.4. The highest BCUT2D eigenvalue weighted by molar-refractivity contribution is 5.99. The highest BCUT2D eigenvalue weighted by Crippen LogP contribution is 2.23. The number of likely N-dealkylation sites (tertiary alicyclic amines) is 1. The van der Waals surface area contributed by atoms with E-state index in [0.717, 1.165) is 49.6 Å². The summed E-state index contributed by atoms with van der Waals surface area (Å²) >= 11 is 0. The number of imide groups is 1. The number of anilines is 1. The average molecular weight is 536 g/mol. The molecule has 1 unspecified atom stereocenters. The van der Waals surface area contributed by atoms with E-state index in [1.165, 1.54) is 6.07 Å². The maximum absolute atomic E-state index is 15.0. The molecule has 1 aromatic heterocycles. The molecular weight excluding hydrogens is 505 g/mol. The van der Waals surface area contributed by atoms with Crippen LogP contribution in [0.3, 0.4) is 0 Å². The van der Waals surface area contributed by atoms with Crippen LogP contribution in [0.4, 0.5) is 10.1 Å². The second-order valence-electron chi connectivity index (χ2n) is 10.3. The highest BCUT2D eigenvalue weighted by atomic mass is 19.1. The van der Waals surface area contributed by atoms with Gasteiger partial charge >= 0.3 is 0 Å². The lowest BCUT2D eigenvalue weighted by Crippen LogP contribution is -2.60. The number of benzene rings is 2. The average Bonchev–Trinajstić information content (AvgIpc) is 2.91. The zero-order valence-corrected chi connectivity index (χ0v) is 21.4. The van der Waals surface area contributed by atoms with Crippen molar-refractivity contribution in [3.05, 3.63) is 63.7 Å². The molecule has 3 fully saturated rings. The lowest BCUT2D eigenvalue weighted by atomic mass is 10.0. The van der Waals surface area contributed by atoms with Gasteiger partial charge in [-0.15, -0.1) is 5.10 Å². The van der Waals surface area contributed by atoms with Gasteiger partial charge in [-0.3, -0.25) is 29.5 Å². The van der Waals surface area contributed by atoms with Crippen LogP contribution in [0.25, 0.3) is 10.9 Å². The number of fused-ring (bicyclic) bond motifs is 1. The van der Waals surface area contributed by atoms with Gasteiger partial charge in [0.1, 0.15) is 17.4 Å². The molecule has 0 bridgehead atoms. The number of carbonyl (C=O) groups is 2. The van der Waals surface area contributed by atoms with Gasteiger partial charge in [0.15, 0.2) is 0 Å². The minimum absolute atomic E-state index is 0.121. The van der Waals surface area contributed by atoms with E-state index in [-0.39, 0.29) is 30.0 Å². The maximum atomic E-state index is 15.0. The first-order valence-corrected chi connectivity index (χ1v) is 13.2. The van der Waals surface area contributed by atoms with E-state index in [1.54, 1.807) is 18.2 Å². The Kier molecular flexibility index (Phi) is 7.07. The number of morpholine rings is 1. The van der Waals surface area contributed by atoms with Gasteiger partial charge < -0.3 is 10.1 Å². The minimum Gasteiger partial charge on any atom is -0.380 e. The maximum Gasteiger partial charge on any atom is 0.280 e. The van der Waals surface area contributed by atoms with Crippen LogP contribution in [0.5, 0.6) is 0 Å². The Morgan fingerprint density at radius 2 is 1.92 bits per heavy atom. The van der Waals surface area contributed by atoms with Crippen molar-refractivity contribution in [3.63, 3.8) is 0 Å². The molecule has 3 saturated heterocycles. The first kappa shape index (κ1) is 25.5. The molecule has 0 spiro atoms. The van der Waals surface area contributed by atoms with Gasteiger partial charge in [0, 0.05) is 63.0 Å². The number of nitrogens with one attached hydrogen (secondary N) is 2. The quantitative estimate of drug-likeness (QED) is 0.428. The van der Waals surface area contributed by atoms with Gasteiger partial charge in [-0.05, 0) is 30.2 Å². The van der Waals surface area contributed by atoms with Crippen LogP contribution >= 0.6 is 0 Å². The summed E-state index contributed by atoms with van der Waals surface area (Å²) in [6.45, 7) is 6.21. The van der Waals surface area contributed by atoms with E-state index in [1.807, 2.05) is 12.1 Å². The smallest absolute Gasteiger partial charge is 0.280 e. The second kappa shape index (κ2) is 10.8. The molecule has 1 atom stereocenters. The molecule has 12 heteroatoms. The first-order valence-electron chi connectivity index (χ1n) is 13.2. The summed E-state index contributed by atoms with van der Waals surface area (Å²) in [5, 5.41) is 13.8. The Labute approximate surface area is 223 Å². The Morgan fingerprint density at radius 3 is 2.69 bits per heavy atom. The SMILES string of the molecule is O=C1CCC(n2nnc3cccc(NCc4ccc(CN5CC(N6CCOCC6)C5)c(F)c4)c3c2=O)C(=O)N1. The molecule has 2 amide bonds. The van der Waals surface area contributed by atoms with Gasteiger partial charge in [-0.1, -0.05) is 23.4 Å². The molecule has 4 heterocycles. The molecular formula is C27H30FN7O4. The van der Waals surface area contributed by atoms with Gasteiger partial charge in [-0.25, -0.2) is 4.39 Å². The van der Waals surface area contributed by atoms with Gasteiger partial charge in [-0.2, -0.15) is 4.68 Å². The number of carbonyl (C=O) groups excluding carboxylic acids is 2. The molecule has 3 aliphatic heterocycles. The van der Waals surface area contributed by atoms with Crippen LogP contribution in [-0.4, -0.2) is 82.0 Å². The monoisotopic (exact) mass is 535 g/mol. The molecule has 3 aromatic rings. The standard InChI is InChI=1S/C27H30FN7O4/c28-20-12-17(4-5-18(20)14-33-15-19(16-33)34-8-10-39-11-9-34)13-29-21-2-1-3-22-25(21)27(38)35(32-31-22)23-6-7-24(36)30-26(23)37/h1-5,12,19,23,29H,6-11,13-16H2,(H,30,36,37). The highest BCUT2D eigenvalue weighted by Gasteiger charge is 2.33. The summed E-state index contributed by atoms with van der Waals surface area (Å²) in [5.74, 6) is -1.20. The number of ether oxygens (including phenoxy) is 1. The van der Waals surface area contributed by atoms with Gasteiger partial charge in [0.05, 0.1) is 18.6 Å². The fourth-order valence-corrected chi connectivity index (χ4v) is 5.48. The number of halogens is 1. The van der Waals surface area contributed by atoms with E-state index < -0.39 is 17.5 Å². The molecule has 0 radical (unpaired) electrons. The molecule has 3 aliphatic rings. The summed E-state index contributed by atoms with van der Waals surface area (Å²) in [7, 11) is 0. The number of hydrogen-bond donors (Lipinski definition) is 2. The summed E-state index contributed by atoms with van der Waals surface area (Å²) in [6.07, 6.45) is 0.299. The van der Waals surface area contributed by atoms with Crippen LogP contribution < -0.4 is 16.2 Å². The Balaban J connectivity index is 1.12. The van der Waals surface area contributed by atoms with Crippen LogP contribution in [0.1, 0.15) is 30.0 Å². The third-order valence-electron chi connectivity index (χ3n) is 7.71. The number of amides is 2. The topological polar surface area (TPSA) is 122 Å². The van der Waals surface area contributed by atoms with Crippen molar-refractivity contribution in [2.75, 3.05) is 44.7 Å². The van der Waals surface area contributed by atoms with Crippen molar-refractivity contribution in [1.82, 2.24) is 30.1 Å². The fraction of sp³-hybridized carbons (Fsp3) is 0.444. The normalized spacial score (nSPS) is 21.1. The second-order valence-corrected chi connectivity index (χ2v) is 10.3. The van der Waals surface area contributed by atoms with Crippen molar-refractivity contribution in [2.45, 2.75) is 38.0 Å². The molecule has 0 saturated carbocycles. The predicted octanol–water partition coefficient (Wildman–Crippen LogP) is 1.04. The van der Waals surface area contributed by atoms with E-state index in [2.05, 4.69) is 30.7 Å². The lowest BCUT2D eigenvalue weighted by molar-refractivity contribution is -0.136. The molecule has 0 aliphatic carbocycles. The van der Waals surface area contributed by atoms with E-state index in [4.69, 9.17) is 4.74 Å². The van der Waals surface area contributed by atoms with Gasteiger partial charge in [0.2, 0.25) is 5.91 Å². The number of aromatic nitrogens is 3. The van der Waals surface area contributed by atoms with Crippen molar-refractivity contribution < 1.29 is 18.7 Å². The number of rotatable bonds is 7. The molecule has 39 heavy (non-hydrogen) atoms. The predicted molar refractivity (Wildman–Crippen MR) is 140 cm³/mol. The van der Waals surface area contributed by atoms with Crippen LogP contribution in [-0.2, 0) is 27.4 Å². The van der Waals surface area contributed by atoms with Gasteiger partial charge in [0.25, 0.3) is 11.5 Å². The Bertz CT molecular complexity index is 1470. The van der Waals surface area contributed by atoms with Crippen molar-refractivity contribution in [1.29, 1.82) is 0 Å². The molecule has 11 nitrogen and oxygen atoms in total. The first-order chi connectivity index (χ1) is 19.0. The third kappa shape index (κ3) is 5.27. The largest absolute Gasteiger partial charge is 0.380 e. The summed E-state index contributed by atoms with van der Waals surface area (Å²) in [6, 6.07) is 9.99. The van der Waals surface area contributed by atoms with E-state index >= 15 is 0 Å². The number of piperidine rings is 1. The minimum atomic E-state index is -0.905. The zero-order chi connectivity index (χ0) is 26.9.